The molecule has 0 heterocycles. The van der Waals surface area contributed by atoms with Gasteiger partial charge in [-0.25, -0.2) is 5.43 Å². The maximum Gasteiger partial charge on any atom is 0.329 e. The maximum absolute atomic E-state index is 12.0. The van der Waals surface area contributed by atoms with Gasteiger partial charge in [-0.15, -0.1) is 0 Å². The second-order valence-electron chi connectivity index (χ2n) is 6.93. The number of anilines is 1. The van der Waals surface area contributed by atoms with Gasteiger partial charge in [-0.3, -0.25) is 9.59 Å². The van der Waals surface area contributed by atoms with Crippen LogP contribution in [0.15, 0.2) is 70.2 Å². The minimum Gasteiger partial charge on any atom is -0.493 e. The van der Waals surface area contributed by atoms with Crippen LogP contribution >= 0.6 is 27.5 Å². The summed E-state index contributed by atoms with van der Waals surface area (Å²) in [6, 6.07) is 17.9. The predicted molar refractivity (Wildman–Crippen MR) is 132 cm³/mol. The van der Waals surface area contributed by atoms with Crippen LogP contribution < -0.4 is 20.2 Å². The molecule has 7 nitrogen and oxygen atoms in total. The van der Waals surface area contributed by atoms with E-state index in [1.165, 1.54) is 13.3 Å². The van der Waals surface area contributed by atoms with Crippen LogP contribution in [-0.2, 0) is 16.2 Å². The van der Waals surface area contributed by atoms with Crippen molar-refractivity contribution in [3.63, 3.8) is 0 Å². The van der Waals surface area contributed by atoms with Crippen molar-refractivity contribution in [1.82, 2.24) is 5.43 Å². The molecule has 0 bridgehead atoms. The molecule has 0 aliphatic rings. The molecule has 0 aliphatic carbocycles. The Labute approximate surface area is 204 Å². The summed E-state index contributed by atoms with van der Waals surface area (Å²) < 4.78 is 11.9. The molecule has 0 spiro atoms. The first-order chi connectivity index (χ1) is 15.9. The summed E-state index contributed by atoms with van der Waals surface area (Å²) >= 11 is 9.65. The number of hydrogen-bond acceptors (Lipinski definition) is 5. The van der Waals surface area contributed by atoms with E-state index >= 15 is 0 Å². The first-order valence-electron chi connectivity index (χ1n) is 9.82. The van der Waals surface area contributed by atoms with Crippen LogP contribution in [0.3, 0.4) is 0 Å². The second kappa shape index (κ2) is 11.5. The summed E-state index contributed by atoms with van der Waals surface area (Å²) in [6.07, 6.45) is 1.39. The van der Waals surface area contributed by atoms with E-state index < -0.39 is 11.8 Å². The zero-order valence-corrected chi connectivity index (χ0v) is 20.2. The van der Waals surface area contributed by atoms with Crippen molar-refractivity contribution in [1.29, 1.82) is 0 Å². The van der Waals surface area contributed by atoms with Crippen molar-refractivity contribution in [3.8, 4) is 11.5 Å². The van der Waals surface area contributed by atoms with E-state index in [9.17, 15) is 9.59 Å². The van der Waals surface area contributed by atoms with E-state index in [1.54, 1.807) is 30.3 Å². The van der Waals surface area contributed by atoms with E-state index in [2.05, 4.69) is 31.8 Å². The van der Waals surface area contributed by atoms with Crippen LogP contribution in [0.5, 0.6) is 11.5 Å². The number of aryl methyl sites for hydroxylation is 1. The fourth-order valence-electron chi connectivity index (χ4n) is 2.76. The minimum atomic E-state index is -0.891. The largest absolute Gasteiger partial charge is 0.493 e. The van der Waals surface area contributed by atoms with Gasteiger partial charge in [-0.05, 0) is 58.7 Å². The topological polar surface area (TPSA) is 89.0 Å². The lowest BCUT2D eigenvalue weighted by Crippen LogP contribution is -2.32. The molecule has 3 rings (SSSR count). The van der Waals surface area contributed by atoms with Crippen molar-refractivity contribution in [2.24, 2.45) is 5.10 Å². The molecule has 2 amide bonds. The number of carbonyl (C=O) groups is 2. The highest BCUT2D eigenvalue weighted by molar-refractivity contribution is 9.10. The van der Waals surface area contributed by atoms with Gasteiger partial charge in [0.15, 0.2) is 11.5 Å². The Morgan fingerprint density at radius 1 is 1.09 bits per heavy atom. The average molecular weight is 531 g/mol. The molecule has 0 unspecified atom stereocenters. The smallest absolute Gasteiger partial charge is 0.329 e. The van der Waals surface area contributed by atoms with Crippen LogP contribution in [-0.4, -0.2) is 25.1 Å². The normalized spacial score (nSPS) is 10.7. The standard InChI is InChI=1S/C24H21BrClN3O4/c1-15-7-9-18(10-8-15)28-23(30)24(31)29-27-13-16-11-19(25)22(21(12-16)32-2)33-14-17-5-3-4-6-20(17)26/h3-13H,14H2,1-2H3,(H,28,30)(H,29,31)/b27-13+. The summed E-state index contributed by atoms with van der Waals surface area (Å²) in [4.78, 5) is 24.0. The quantitative estimate of drug-likeness (QED) is 0.253. The van der Waals surface area contributed by atoms with Gasteiger partial charge < -0.3 is 14.8 Å². The van der Waals surface area contributed by atoms with E-state index in [0.29, 0.717) is 32.2 Å². The van der Waals surface area contributed by atoms with E-state index in [-0.39, 0.29) is 6.61 Å². The Bertz CT molecular complexity index is 1180. The molecule has 0 fully saturated rings. The molecule has 33 heavy (non-hydrogen) atoms. The Hall–Kier alpha value is -3.36. The maximum atomic E-state index is 12.0. The zero-order valence-electron chi connectivity index (χ0n) is 17.9. The van der Waals surface area contributed by atoms with Gasteiger partial charge >= 0.3 is 11.8 Å². The Kier molecular flexibility index (Phi) is 8.46. The number of benzene rings is 3. The number of amides is 2. The zero-order chi connectivity index (χ0) is 23.8. The summed E-state index contributed by atoms with van der Waals surface area (Å²) in [5, 5.41) is 6.96. The molecule has 3 aromatic carbocycles. The fourth-order valence-corrected chi connectivity index (χ4v) is 3.53. The molecule has 2 N–H and O–H groups in total. The van der Waals surface area contributed by atoms with Gasteiger partial charge in [-0.1, -0.05) is 47.5 Å². The second-order valence-corrected chi connectivity index (χ2v) is 8.20. The molecule has 0 saturated carbocycles. The van der Waals surface area contributed by atoms with Crippen LogP contribution in [0.1, 0.15) is 16.7 Å². The van der Waals surface area contributed by atoms with E-state index in [4.69, 9.17) is 21.1 Å². The number of halogens is 2. The predicted octanol–water partition coefficient (Wildman–Crippen LogP) is 5.09. The van der Waals surface area contributed by atoms with Crippen molar-refractivity contribution in [2.45, 2.75) is 13.5 Å². The molecule has 9 heteroatoms. The molecule has 0 aromatic heterocycles. The summed E-state index contributed by atoms with van der Waals surface area (Å²) in [5.41, 5.74) is 5.22. The lowest BCUT2D eigenvalue weighted by atomic mass is 10.2. The molecule has 0 radical (unpaired) electrons. The Morgan fingerprint density at radius 3 is 2.52 bits per heavy atom. The number of nitrogens with zero attached hydrogens (tertiary/aromatic N) is 1. The third kappa shape index (κ3) is 6.81. The highest BCUT2D eigenvalue weighted by atomic mass is 79.9. The van der Waals surface area contributed by atoms with Crippen LogP contribution in [0, 0.1) is 6.92 Å². The number of ether oxygens (including phenoxy) is 2. The van der Waals surface area contributed by atoms with Crippen LogP contribution in [0.25, 0.3) is 0 Å². The van der Waals surface area contributed by atoms with Gasteiger partial charge in [-0.2, -0.15) is 5.10 Å². The Balaban J connectivity index is 1.62. The van der Waals surface area contributed by atoms with Gasteiger partial charge in [0.25, 0.3) is 0 Å². The first kappa shape index (κ1) is 24.3. The third-order valence-corrected chi connectivity index (χ3v) is 5.43. The van der Waals surface area contributed by atoms with Gasteiger partial charge in [0.1, 0.15) is 6.61 Å². The van der Waals surface area contributed by atoms with Crippen LogP contribution in [0.2, 0.25) is 5.02 Å². The molecule has 3 aromatic rings. The van der Waals surface area contributed by atoms with E-state index in [0.717, 1.165) is 11.1 Å². The highest BCUT2D eigenvalue weighted by Gasteiger charge is 2.14. The van der Waals surface area contributed by atoms with E-state index in [1.807, 2.05) is 37.3 Å². The third-order valence-electron chi connectivity index (χ3n) is 4.48. The molecule has 0 aliphatic heterocycles. The lowest BCUT2D eigenvalue weighted by molar-refractivity contribution is -0.136. The van der Waals surface area contributed by atoms with Gasteiger partial charge in [0, 0.05) is 16.3 Å². The molecular formula is C24H21BrClN3O4. The molecular weight excluding hydrogens is 510 g/mol. The summed E-state index contributed by atoms with van der Waals surface area (Å²) in [6.45, 7) is 2.19. The van der Waals surface area contributed by atoms with Crippen molar-refractivity contribution in [2.75, 3.05) is 12.4 Å². The Morgan fingerprint density at radius 2 is 1.82 bits per heavy atom. The molecule has 0 atom stereocenters. The lowest BCUT2D eigenvalue weighted by Gasteiger charge is -2.14. The number of carbonyl (C=O) groups excluding carboxylic acids is 2. The number of rotatable bonds is 7. The number of hydrogen-bond donors (Lipinski definition) is 2. The molecule has 170 valence electrons. The first-order valence-corrected chi connectivity index (χ1v) is 11.0. The van der Waals surface area contributed by atoms with Crippen molar-refractivity contribution >= 4 is 51.2 Å². The average Bonchev–Trinajstić information content (AvgIpc) is 2.80. The highest BCUT2D eigenvalue weighted by Crippen LogP contribution is 2.37. The van der Waals surface area contributed by atoms with Crippen molar-refractivity contribution < 1.29 is 19.1 Å². The number of hydrazone groups is 1. The number of methoxy groups -OCH3 is 1. The van der Waals surface area contributed by atoms with Gasteiger partial charge in [0.2, 0.25) is 0 Å². The van der Waals surface area contributed by atoms with Gasteiger partial charge in [0.05, 0.1) is 17.8 Å². The fraction of sp³-hybridized carbons (Fsp3) is 0.125. The number of nitrogens with one attached hydrogen (secondary N) is 2. The minimum absolute atomic E-state index is 0.258. The van der Waals surface area contributed by atoms with Crippen LogP contribution in [0.4, 0.5) is 5.69 Å². The summed E-state index contributed by atoms with van der Waals surface area (Å²) in [5.74, 6) is -0.756. The summed E-state index contributed by atoms with van der Waals surface area (Å²) in [7, 11) is 1.52. The van der Waals surface area contributed by atoms with Crippen molar-refractivity contribution in [3.05, 3.63) is 86.8 Å². The SMILES string of the molecule is COc1cc(/C=N/NC(=O)C(=O)Nc2ccc(C)cc2)cc(Br)c1OCc1ccccc1Cl. The molecule has 0 saturated heterocycles. The monoisotopic (exact) mass is 529 g/mol.